The zero-order chi connectivity index (χ0) is 21.1. The largest absolute Gasteiger partial charge is 0.374 e. The first kappa shape index (κ1) is 20.4. The first-order chi connectivity index (χ1) is 14.4. The molecule has 1 heterocycles. The molecule has 7 heteroatoms. The van der Waals surface area contributed by atoms with Crippen LogP contribution in [0.1, 0.15) is 19.8 Å². The van der Waals surface area contributed by atoms with Crippen LogP contribution in [0, 0.1) is 0 Å². The van der Waals surface area contributed by atoms with Gasteiger partial charge in [0.25, 0.3) is 0 Å². The van der Waals surface area contributed by atoms with Crippen molar-refractivity contribution in [1.29, 1.82) is 0 Å². The Bertz CT molecular complexity index is 1150. The molecule has 2 N–H and O–H groups in total. The molecule has 3 aromatic carbocycles. The molecule has 0 spiro atoms. The third-order valence-corrected chi connectivity index (χ3v) is 7.26. The lowest BCUT2D eigenvalue weighted by atomic mass is 10.1. The molecule has 1 atom stereocenters. The Balaban J connectivity index is 1.40. The van der Waals surface area contributed by atoms with Crippen molar-refractivity contribution in [2.75, 3.05) is 23.7 Å². The second-order valence-corrected chi connectivity index (χ2v) is 9.49. The number of hydrogen-bond acceptors (Lipinski definition) is 4. The van der Waals surface area contributed by atoms with Crippen molar-refractivity contribution >= 4 is 38.1 Å². The normalized spacial score (nSPS) is 15.8. The number of anilines is 2. The second kappa shape index (κ2) is 8.45. The molecule has 0 bridgehead atoms. The summed E-state index contributed by atoms with van der Waals surface area (Å²) >= 11 is 0. The fourth-order valence-electron chi connectivity index (χ4n) is 3.63. The van der Waals surface area contributed by atoms with Gasteiger partial charge in [0.05, 0.1) is 4.90 Å². The molecule has 0 aromatic heterocycles. The van der Waals surface area contributed by atoms with Crippen LogP contribution in [0.3, 0.4) is 0 Å². The molecule has 0 radical (unpaired) electrons. The minimum Gasteiger partial charge on any atom is -0.374 e. The summed E-state index contributed by atoms with van der Waals surface area (Å²) in [4.78, 5) is 12.8. The Labute approximate surface area is 177 Å². The second-order valence-electron chi connectivity index (χ2n) is 7.55. The zero-order valence-corrected chi connectivity index (χ0v) is 17.7. The highest BCUT2D eigenvalue weighted by atomic mass is 32.2. The van der Waals surface area contributed by atoms with Gasteiger partial charge in [-0.25, -0.2) is 8.42 Å². The smallest absolute Gasteiger partial charge is 0.246 e. The lowest BCUT2D eigenvalue weighted by Gasteiger charge is -2.17. The van der Waals surface area contributed by atoms with Gasteiger partial charge < -0.3 is 10.6 Å². The molecular formula is C23H25N3O3S. The van der Waals surface area contributed by atoms with E-state index in [1.165, 1.54) is 4.31 Å². The number of fused-ring (bicyclic) bond motifs is 1. The van der Waals surface area contributed by atoms with Gasteiger partial charge in [-0.1, -0.05) is 30.3 Å². The van der Waals surface area contributed by atoms with Crippen LogP contribution in [0.2, 0.25) is 0 Å². The number of carbonyl (C=O) groups is 1. The van der Waals surface area contributed by atoms with E-state index in [9.17, 15) is 13.2 Å². The average Bonchev–Trinajstić information content (AvgIpc) is 3.30. The first-order valence-electron chi connectivity index (χ1n) is 10.1. The van der Waals surface area contributed by atoms with Gasteiger partial charge in [0.1, 0.15) is 6.04 Å². The van der Waals surface area contributed by atoms with Crippen molar-refractivity contribution in [2.24, 2.45) is 0 Å². The molecule has 1 saturated heterocycles. The summed E-state index contributed by atoms with van der Waals surface area (Å²) in [6.45, 7) is 2.92. The molecule has 1 amide bonds. The van der Waals surface area contributed by atoms with Gasteiger partial charge in [-0.05, 0) is 66.9 Å². The fourth-order valence-corrected chi connectivity index (χ4v) is 5.15. The Morgan fingerprint density at radius 3 is 2.23 bits per heavy atom. The maximum atomic E-state index is 12.6. The van der Waals surface area contributed by atoms with Crippen molar-refractivity contribution < 1.29 is 13.2 Å². The van der Waals surface area contributed by atoms with Crippen LogP contribution in [0.25, 0.3) is 10.8 Å². The van der Waals surface area contributed by atoms with Crippen LogP contribution in [-0.4, -0.2) is 37.8 Å². The molecule has 1 fully saturated rings. The number of nitrogens with zero attached hydrogens (tertiary/aromatic N) is 1. The Hall–Kier alpha value is -2.90. The van der Waals surface area contributed by atoms with Crippen molar-refractivity contribution in [3.05, 3.63) is 66.7 Å². The highest BCUT2D eigenvalue weighted by Crippen LogP contribution is 2.23. The van der Waals surface area contributed by atoms with Crippen molar-refractivity contribution in [2.45, 2.75) is 30.7 Å². The molecular weight excluding hydrogens is 398 g/mol. The van der Waals surface area contributed by atoms with E-state index in [1.807, 2.05) is 42.5 Å². The molecule has 0 aliphatic carbocycles. The van der Waals surface area contributed by atoms with E-state index >= 15 is 0 Å². The monoisotopic (exact) mass is 423 g/mol. The molecule has 30 heavy (non-hydrogen) atoms. The first-order valence-corrected chi connectivity index (χ1v) is 11.5. The van der Waals surface area contributed by atoms with Gasteiger partial charge in [0.15, 0.2) is 0 Å². The van der Waals surface area contributed by atoms with E-state index in [2.05, 4.69) is 10.6 Å². The minimum absolute atomic E-state index is 0.196. The molecule has 6 nitrogen and oxygen atoms in total. The lowest BCUT2D eigenvalue weighted by molar-refractivity contribution is -0.116. The summed E-state index contributed by atoms with van der Waals surface area (Å²) in [6.07, 6.45) is 1.80. The van der Waals surface area contributed by atoms with Gasteiger partial charge in [-0.3, -0.25) is 4.79 Å². The number of amides is 1. The molecule has 3 aromatic rings. The summed E-state index contributed by atoms with van der Waals surface area (Å²) in [5.41, 5.74) is 1.43. The topological polar surface area (TPSA) is 78.5 Å². The van der Waals surface area contributed by atoms with E-state index in [0.717, 1.165) is 29.3 Å². The van der Waals surface area contributed by atoms with E-state index in [-0.39, 0.29) is 10.8 Å². The SMILES string of the molecule is C[C@H](Nc1ccc2ccccc2c1)C(=O)Nc1ccc(S(=O)(=O)N2CCCC2)cc1. The van der Waals surface area contributed by atoms with Crippen LogP contribution < -0.4 is 10.6 Å². The van der Waals surface area contributed by atoms with Crippen molar-refractivity contribution in [3.63, 3.8) is 0 Å². The quantitative estimate of drug-likeness (QED) is 0.627. The van der Waals surface area contributed by atoms with Crippen LogP contribution in [0.15, 0.2) is 71.6 Å². The summed E-state index contributed by atoms with van der Waals surface area (Å²) in [5.74, 6) is -0.196. The zero-order valence-electron chi connectivity index (χ0n) is 16.8. The van der Waals surface area contributed by atoms with Gasteiger partial charge in [-0.2, -0.15) is 4.31 Å². The predicted molar refractivity (Wildman–Crippen MR) is 120 cm³/mol. The Morgan fingerprint density at radius 2 is 1.53 bits per heavy atom. The molecule has 1 aliphatic rings. The standard InChI is InChI=1S/C23H25N3O3S/c1-17(24-21-9-8-18-6-2-3-7-19(18)16-21)23(27)25-20-10-12-22(13-11-20)30(28,29)26-14-4-5-15-26/h2-3,6-13,16-17,24H,4-5,14-15H2,1H3,(H,25,27)/t17-/m0/s1. The third-order valence-electron chi connectivity index (χ3n) is 5.35. The average molecular weight is 424 g/mol. The highest BCUT2D eigenvalue weighted by molar-refractivity contribution is 7.89. The minimum atomic E-state index is -3.45. The van der Waals surface area contributed by atoms with Crippen LogP contribution in [0.5, 0.6) is 0 Å². The fraction of sp³-hybridized carbons (Fsp3) is 0.261. The molecule has 0 unspecified atom stereocenters. The Kier molecular flexibility index (Phi) is 5.74. The summed E-state index contributed by atoms with van der Waals surface area (Å²) in [5, 5.41) is 8.29. The highest BCUT2D eigenvalue weighted by Gasteiger charge is 2.27. The van der Waals surface area contributed by atoms with Gasteiger partial charge in [0, 0.05) is 24.5 Å². The number of benzene rings is 3. The predicted octanol–water partition coefficient (Wildman–Crippen LogP) is 4.06. The maximum Gasteiger partial charge on any atom is 0.246 e. The molecule has 1 aliphatic heterocycles. The molecule has 0 saturated carbocycles. The number of rotatable bonds is 6. The Morgan fingerprint density at radius 1 is 0.900 bits per heavy atom. The van der Waals surface area contributed by atoms with Crippen LogP contribution in [-0.2, 0) is 14.8 Å². The maximum absolute atomic E-state index is 12.6. The van der Waals surface area contributed by atoms with Crippen molar-refractivity contribution in [3.8, 4) is 0 Å². The third kappa shape index (κ3) is 4.32. The summed E-state index contributed by atoms with van der Waals surface area (Å²) < 4.78 is 26.7. The van der Waals surface area contributed by atoms with Crippen LogP contribution in [0.4, 0.5) is 11.4 Å². The van der Waals surface area contributed by atoms with Crippen molar-refractivity contribution in [1.82, 2.24) is 4.31 Å². The van der Waals surface area contributed by atoms with E-state index in [0.29, 0.717) is 18.8 Å². The van der Waals surface area contributed by atoms with Gasteiger partial charge in [-0.15, -0.1) is 0 Å². The van der Waals surface area contributed by atoms with Gasteiger partial charge in [0.2, 0.25) is 15.9 Å². The van der Waals surface area contributed by atoms with Gasteiger partial charge >= 0.3 is 0 Å². The van der Waals surface area contributed by atoms with E-state index in [4.69, 9.17) is 0 Å². The molecule has 4 rings (SSSR count). The number of hydrogen-bond donors (Lipinski definition) is 2. The number of sulfonamides is 1. The van der Waals surface area contributed by atoms with Crippen LogP contribution >= 0.6 is 0 Å². The molecule has 156 valence electrons. The van der Waals surface area contributed by atoms with E-state index < -0.39 is 16.1 Å². The lowest BCUT2D eigenvalue weighted by Crippen LogP contribution is -2.32. The number of carbonyl (C=O) groups excluding carboxylic acids is 1. The van der Waals surface area contributed by atoms with E-state index in [1.54, 1.807) is 31.2 Å². The summed E-state index contributed by atoms with van der Waals surface area (Å²) in [7, 11) is -3.45. The summed E-state index contributed by atoms with van der Waals surface area (Å²) in [6, 6.07) is 19.9. The number of nitrogens with one attached hydrogen (secondary N) is 2.